The fourth-order valence-corrected chi connectivity index (χ4v) is 4.40. The third kappa shape index (κ3) is 3.14. The molecule has 0 radical (unpaired) electrons. The van der Waals surface area contributed by atoms with Crippen LogP contribution in [0.2, 0.25) is 0 Å². The maximum Gasteiger partial charge on any atom is 0.261 e. The normalized spacial score (nSPS) is 15.6. The average Bonchev–Trinajstić information content (AvgIpc) is 2.78. The lowest BCUT2D eigenvalue weighted by atomic mass is 9.85. The lowest BCUT2D eigenvalue weighted by molar-refractivity contribution is 0.0374. The maximum absolute atomic E-state index is 13.1. The van der Waals surface area contributed by atoms with Gasteiger partial charge in [-0.05, 0) is 30.7 Å². The summed E-state index contributed by atoms with van der Waals surface area (Å²) >= 11 is 0. The predicted octanol–water partition coefficient (Wildman–Crippen LogP) is 1.97. The van der Waals surface area contributed by atoms with Crippen molar-refractivity contribution in [1.82, 2.24) is 9.80 Å². The molecule has 8 nitrogen and oxygen atoms in total. The number of aliphatic hydroxyl groups is 2. The van der Waals surface area contributed by atoms with Crippen LogP contribution in [0.25, 0.3) is 10.8 Å². The van der Waals surface area contributed by atoms with E-state index in [0.29, 0.717) is 23.1 Å². The molecular formula is C23H24N2O6. The summed E-state index contributed by atoms with van der Waals surface area (Å²) < 4.78 is 0. The Balaban J connectivity index is 1.82. The van der Waals surface area contributed by atoms with Crippen LogP contribution in [-0.2, 0) is 0 Å². The molecule has 31 heavy (non-hydrogen) atoms. The summed E-state index contributed by atoms with van der Waals surface area (Å²) in [7, 11) is 0. The molecule has 0 unspecified atom stereocenters. The summed E-state index contributed by atoms with van der Waals surface area (Å²) in [5.41, 5.74) is 0.916. The number of carbonyl (C=O) groups excluding carboxylic acids is 4. The van der Waals surface area contributed by atoms with Crippen molar-refractivity contribution in [2.45, 2.75) is 38.6 Å². The van der Waals surface area contributed by atoms with E-state index in [-0.39, 0.29) is 16.5 Å². The standard InChI is InChI=1S/C23H24N2O6/c1-2-3-4-5-10-24-20(28)14-6-8-16-19-17(9-7-15(18(14)19)21(24)29)23(31)25(22(16)30)13(11-26)12-27/h6-9,13,26-27H,2-5,10-12H2,1H3. The second-order valence-electron chi connectivity index (χ2n) is 7.89. The van der Waals surface area contributed by atoms with Gasteiger partial charge in [-0.2, -0.15) is 0 Å². The predicted molar refractivity (Wildman–Crippen MR) is 112 cm³/mol. The Morgan fingerprint density at radius 1 is 0.710 bits per heavy atom. The van der Waals surface area contributed by atoms with Gasteiger partial charge in [0.05, 0.1) is 19.3 Å². The number of hydrogen-bond donors (Lipinski definition) is 2. The van der Waals surface area contributed by atoms with E-state index in [1.807, 2.05) is 0 Å². The van der Waals surface area contributed by atoms with Crippen molar-refractivity contribution in [3.05, 3.63) is 46.5 Å². The van der Waals surface area contributed by atoms with Gasteiger partial charge in [0.25, 0.3) is 23.6 Å². The molecule has 0 saturated carbocycles. The van der Waals surface area contributed by atoms with Crippen LogP contribution in [0.4, 0.5) is 0 Å². The summed E-state index contributed by atoms with van der Waals surface area (Å²) in [5, 5.41) is 19.6. The van der Waals surface area contributed by atoms with Gasteiger partial charge in [-0.15, -0.1) is 0 Å². The highest BCUT2D eigenvalue weighted by molar-refractivity contribution is 6.33. The zero-order valence-electron chi connectivity index (χ0n) is 17.3. The van der Waals surface area contributed by atoms with Gasteiger partial charge in [0, 0.05) is 39.6 Å². The molecule has 2 N–H and O–H groups in total. The number of rotatable bonds is 8. The topological polar surface area (TPSA) is 115 Å². The zero-order chi connectivity index (χ0) is 22.3. The number of benzene rings is 2. The van der Waals surface area contributed by atoms with Crippen molar-refractivity contribution in [2.75, 3.05) is 19.8 Å². The molecule has 0 bridgehead atoms. The molecule has 0 fully saturated rings. The first kappa shape index (κ1) is 21.1. The number of unbranched alkanes of at least 4 members (excludes halogenated alkanes) is 3. The molecule has 0 aromatic heterocycles. The van der Waals surface area contributed by atoms with Crippen LogP contribution < -0.4 is 0 Å². The molecule has 2 aromatic carbocycles. The SMILES string of the molecule is CCCCCCN1C(=O)c2ccc3c4c(ccc(c24)C1=O)C(=O)N(C(CO)CO)C3=O. The molecule has 2 heterocycles. The van der Waals surface area contributed by atoms with Crippen LogP contribution in [0.15, 0.2) is 24.3 Å². The first-order valence-corrected chi connectivity index (χ1v) is 10.5. The molecule has 4 amide bonds. The van der Waals surface area contributed by atoms with E-state index in [0.717, 1.165) is 30.6 Å². The van der Waals surface area contributed by atoms with Crippen LogP contribution in [0.3, 0.4) is 0 Å². The first-order chi connectivity index (χ1) is 15.0. The Morgan fingerprint density at radius 3 is 1.58 bits per heavy atom. The minimum Gasteiger partial charge on any atom is -0.394 e. The summed E-state index contributed by atoms with van der Waals surface area (Å²) in [6, 6.07) is 4.90. The van der Waals surface area contributed by atoms with Gasteiger partial charge in [0.15, 0.2) is 0 Å². The Labute approximate surface area is 179 Å². The van der Waals surface area contributed by atoms with Gasteiger partial charge in [-0.3, -0.25) is 29.0 Å². The van der Waals surface area contributed by atoms with E-state index in [1.54, 1.807) is 0 Å². The monoisotopic (exact) mass is 424 g/mol. The van der Waals surface area contributed by atoms with E-state index in [9.17, 15) is 29.4 Å². The molecule has 0 saturated heterocycles. The molecule has 2 aliphatic rings. The number of hydrogen-bond acceptors (Lipinski definition) is 6. The zero-order valence-corrected chi connectivity index (χ0v) is 17.3. The summed E-state index contributed by atoms with van der Waals surface area (Å²) in [4.78, 5) is 54.3. The minimum atomic E-state index is -1.07. The second kappa shape index (κ2) is 8.20. The highest BCUT2D eigenvalue weighted by Gasteiger charge is 2.41. The molecule has 0 spiro atoms. The van der Waals surface area contributed by atoms with Gasteiger partial charge in [0.2, 0.25) is 0 Å². The van der Waals surface area contributed by atoms with Gasteiger partial charge >= 0.3 is 0 Å². The Kier molecular flexibility index (Phi) is 5.60. The van der Waals surface area contributed by atoms with E-state index in [2.05, 4.69) is 6.92 Å². The van der Waals surface area contributed by atoms with Crippen LogP contribution in [0.5, 0.6) is 0 Å². The van der Waals surface area contributed by atoms with E-state index >= 15 is 0 Å². The summed E-state index contributed by atoms with van der Waals surface area (Å²) in [6.07, 6.45) is 3.71. The number of nitrogens with zero attached hydrogens (tertiary/aromatic N) is 2. The lowest BCUT2D eigenvalue weighted by Gasteiger charge is -2.34. The van der Waals surface area contributed by atoms with Gasteiger partial charge < -0.3 is 10.2 Å². The number of imide groups is 2. The third-order valence-corrected chi connectivity index (χ3v) is 6.03. The number of carbonyl (C=O) groups is 4. The largest absolute Gasteiger partial charge is 0.394 e. The van der Waals surface area contributed by atoms with Crippen LogP contribution in [-0.4, -0.2) is 69.4 Å². The van der Waals surface area contributed by atoms with Crippen LogP contribution in [0.1, 0.15) is 74.0 Å². The number of aliphatic hydroxyl groups excluding tert-OH is 2. The van der Waals surface area contributed by atoms with Crippen molar-refractivity contribution in [1.29, 1.82) is 0 Å². The van der Waals surface area contributed by atoms with Crippen LogP contribution >= 0.6 is 0 Å². The molecule has 8 heteroatoms. The van der Waals surface area contributed by atoms with Gasteiger partial charge in [-0.25, -0.2) is 0 Å². The van der Waals surface area contributed by atoms with Crippen molar-refractivity contribution in [3.63, 3.8) is 0 Å². The fourth-order valence-electron chi connectivity index (χ4n) is 4.40. The van der Waals surface area contributed by atoms with E-state index in [4.69, 9.17) is 0 Å². The second-order valence-corrected chi connectivity index (χ2v) is 7.89. The molecule has 0 atom stereocenters. The maximum atomic E-state index is 13.1. The summed E-state index contributed by atoms with van der Waals surface area (Å²) in [5.74, 6) is -2.19. The fraction of sp³-hybridized carbons (Fsp3) is 0.391. The van der Waals surface area contributed by atoms with Crippen molar-refractivity contribution in [2.24, 2.45) is 0 Å². The highest BCUT2D eigenvalue weighted by Crippen LogP contribution is 2.38. The van der Waals surface area contributed by atoms with Gasteiger partial charge in [-0.1, -0.05) is 26.2 Å². The Morgan fingerprint density at radius 2 is 1.16 bits per heavy atom. The molecule has 4 rings (SSSR count). The summed E-state index contributed by atoms with van der Waals surface area (Å²) in [6.45, 7) is 1.25. The van der Waals surface area contributed by atoms with E-state index < -0.39 is 42.9 Å². The minimum absolute atomic E-state index is 0.166. The average molecular weight is 424 g/mol. The highest BCUT2D eigenvalue weighted by atomic mass is 16.3. The van der Waals surface area contributed by atoms with Crippen LogP contribution in [0, 0.1) is 0 Å². The smallest absolute Gasteiger partial charge is 0.261 e. The number of amides is 4. The molecular weight excluding hydrogens is 400 g/mol. The van der Waals surface area contributed by atoms with Crippen molar-refractivity contribution in [3.8, 4) is 0 Å². The van der Waals surface area contributed by atoms with Crippen molar-refractivity contribution < 1.29 is 29.4 Å². The Bertz CT molecular complexity index is 1030. The molecule has 0 aliphatic carbocycles. The van der Waals surface area contributed by atoms with Gasteiger partial charge in [0.1, 0.15) is 0 Å². The first-order valence-electron chi connectivity index (χ1n) is 10.5. The van der Waals surface area contributed by atoms with E-state index in [1.165, 1.54) is 29.2 Å². The quantitative estimate of drug-likeness (QED) is 0.495. The molecule has 162 valence electrons. The third-order valence-electron chi connectivity index (χ3n) is 6.03. The molecule has 2 aromatic rings. The Hall–Kier alpha value is -3.10. The molecule has 2 aliphatic heterocycles. The lowest BCUT2D eigenvalue weighted by Crippen LogP contribution is -2.50. The van der Waals surface area contributed by atoms with Crippen molar-refractivity contribution >= 4 is 34.4 Å².